The first-order valence-corrected chi connectivity index (χ1v) is 5.83. The van der Waals surface area contributed by atoms with Crippen molar-refractivity contribution in [3.8, 4) is 0 Å². The SMILES string of the molecule is C=C(C)C1C=CC(C)(CC)C[C@]1(C)C(=O)O. The molecule has 1 aliphatic rings. The molecule has 0 radical (unpaired) electrons. The van der Waals surface area contributed by atoms with Crippen molar-refractivity contribution < 1.29 is 9.90 Å². The number of aliphatic carboxylic acids is 1. The molecule has 16 heavy (non-hydrogen) atoms. The van der Waals surface area contributed by atoms with Crippen molar-refractivity contribution in [1.82, 2.24) is 0 Å². The van der Waals surface area contributed by atoms with Crippen LogP contribution in [-0.4, -0.2) is 11.1 Å². The molecule has 90 valence electrons. The molecule has 1 rings (SSSR count). The predicted molar refractivity (Wildman–Crippen MR) is 66.2 cm³/mol. The normalized spacial score (nSPS) is 38.4. The second-order valence-electron chi connectivity index (χ2n) is 5.59. The van der Waals surface area contributed by atoms with Crippen molar-refractivity contribution in [2.24, 2.45) is 16.7 Å². The molecule has 0 saturated carbocycles. The second kappa shape index (κ2) is 4.08. The van der Waals surface area contributed by atoms with Gasteiger partial charge in [-0.2, -0.15) is 0 Å². The predicted octanol–water partition coefficient (Wildman–Crippen LogP) is 3.65. The standard InChI is InChI=1S/C14H22O2/c1-6-13(4)8-7-11(10(2)3)14(5,9-13)12(15)16/h7-8,11H,2,6,9H2,1,3-5H3,(H,15,16)/t11?,13?,14-/m0/s1. The van der Waals surface area contributed by atoms with E-state index in [-0.39, 0.29) is 11.3 Å². The van der Waals surface area contributed by atoms with Crippen LogP contribution >= 0.6 is 0 Å². The quantitative estimate of drug-likeness (QED) is 0.740. The smallest absolute Gasteiger partial charge is 0.310 e. The van der Waals surface area contributed by atoms with Gasteiger partial charge in [-0.05, 0) is 32.1 Å². The van der Waals surface area contributed by atoms with Gasteiger partial charge in [-0.25, -0.2) is 0 Å². The summed E-state index contributed by atoms with van der Waals surface area (Å²) in [6.45, 7) is 11.9. The molecule has 0 spiro atoms. The Kier molecular flexibility index (Phi) is 3.32. The minimum atomic E-state index is -0.718. The molecule has 2 unspecified atom stereocenters. The van der Waals surface area contributed by atoms with Crippen LogP contribution in [0.4, 0.5) is 0 Å². The molecule has 0 aromatic rings. The summed E-state index contributed by atoms with van der Waals surface area (Å²) in [4.78, 5) is 11.5. The van der Waals surface area contributed by atoms with E-state index in [0.29, 0.717) is 6.42 Å². The Hall–Kier alpha value is -1.05. The third-order valence-corrected chi connectivity index (χ3v) is 3.98. The first kappa shape index (κ1) is 13.0. The molecule has 0 amide bonds. The fourth-order valence-corrected chi connectivity index (χ4v) is 2.71. The Morgan fingerprint density at radius 2 is 2.12 bits per heavy atom. The molecule has 2 heteroatoms. The lowest BCUT2D eigenvalue weighted by molar-refractivity contribution is -0.152. The zero-order valence-corrected chi connectivity index (χ0v) is 10.7. The molecule has 0 saturated heterocycles. The van der Waals surface area contributed by atoms with Crippen LogP contribution in [0.1, 0.15) is 40.5 Å². The summed E-state index contributed by atoms with van der Waals surface area (Å²) >= 11 is 0. The highest BCUT2D eigenvalue weighted by atomic mass is 16.4. The van der Waals surface area contributed by atoms with Gasteiger partial charge in [0.1, 0.15) is 0 Å². The second-order valence-corrected chi connectivity index (χ2v) is 5.59. The highest BCUT2D eigenvalue weighted by molar-refractivity contribution is 5.76. The van der Waals surface area contributed by atoms with E-state index < -0.39 is 11.4 Å². The van der Waals surface area contributed by atoms with Crippen LogP contribution in [0, 0.1) is 16.7 Å². The summed E-state index contributed by atoms with van der Waals surface area (Å²) in [7, 11) is 0. The molecule has 0 heterocycles. The maximum atomic E-state index is 11.5. The molecule has 1 aliphatic carbocycles. The average Bonchev–Trinajstić information content (AvgIpc) is 2.17. The molecular formula is C14H22O2. The Balaban J connectivity index is 3.18. The van der Waals surface area contributed by atoms with Crippen molar-refractivity contribution in [3.63, 3.8) is 0 Å². The molecule has 2 nitrogen and oxygen atoms in total. The summed E-state index contributed by atoms with van der Waals surface area (Å²) in [5.74, 6) is -0.769. The van der Waals surface area contributed by atoms with Gasteiger partial charge in [-0.15, -0.1) is 0 Å². The van der Waals surface area contributed by atoms with Crippen molar-refractivity contribution in [2.75, 3.05) is 0 Å². The van der Waals surface area contributed by atoms with E-state index in [0.717, 1.165) is 12.0 Å². The summed E-state index contributed by atoms with van der Waals surface area (Å²) in [6, 6.07) is 0. The number of carbonyl (C=O) groups is 1. The molecule has 0 aromatic carbocycles. The van der Waals surface area contributed by atoms with E-state index in [9.17, 15) is 9.90 Å². The third kappa shape index (κ3) is 2.06. The van der Waals surface area contributed by atoms with Gasteiger partial charge in [-0.3, -0.25) is 4.79 Å². The lowest BCUT2D eigenvalue weighted by Gasteiger charge is -2.43. The van der Waals surface area contributed by atoms with Crippen molar-refractivity contribution in [3.05, 3.63) is 24.3 Å². The van der Waals surface area contributed by atoms with Gasteiger partial charge >= 0.3 is 5.97 Å². The van der Waals surface area contributed by atoms with E-state index in [2.05, 4.69) is 26.5 Å². The lowest BCUT2D eigenvalue weighted by Crippen LogP contribution is -2.42. The number of carboxylic acids is 1. The zero-order chi connectivity index (χ0) is 12.6. The van der Waals surface area contributed by atoms with Crippen LogP contribution in [0.15, 0.2) is 24.3 Å². The Morgan fingerprint density at radius 3 is 2.50 bits per heavy atom. The number of hydrogen-bond acceptors (Lipinski definition) is 1. The minimum Gasteiger partial charge on any atom is -0.481 e. The van der Waals surface area contributed by atoms with Gasteiger partial charge in [0.05, 0.1) is 5.41 Å². The zero-order valence-electron chi connectivity index (χ0n) is 10.7. The summed E-state index contributed by atoms with van der Waals surface area (Å²) in [5, 5.41) is 9.47. The summed E-state index contributed by atoms with van der Waals surface area (Å²) in [5.41, 5.74) is 0.212. The van der Waals surface area contributed by atoms with Gasteiger partial charge in [0.2, 0.25) is 0 Å². The van der Waals surface area contributed by atoms with E-state index in [1.165, 1.54) is 0 Å². The van der Waals surface area contributed by atoms with Gasteiger partial charge in [0, 0.05) is 5.92 Å². The van der Waals surface area contributed by atoms with Gasteiger partial charge in [0.25, 0.3) is 0 Å². The fourth-order valence-electron chi connectivity index (χ4n) is 2.71. The summed E-state index contributed by atoms with van der Waals surface area (Å²) in [6.07, 6.45) is 5.84. The first-order chi connectivity index (χ1) is 7.25. The molecule has 0 bridgehead atoms. The van der Waals surface area contributed by atoms with Crippen molar-refractivity contribution >= 4 is 5.97 Å². The Labute approximate surface area is 98.1 Å². The first-order valence-electron chi connectivity index (χ1n) is 5.83. The summed E-state index contributed by atoms with van der Waals surface area (Å²) < 4.78 is 0. The third-order valence-electron chi connectivity index (χ3n) is 3.98. The van der Waals surface area contributed by atoms with Crippen molar-refractivity contribution in [2.45, 2.75) is 40.5 Å². The number of carboxylic acid groups (broad SMARTS) is 1. The molecule has 0 fully saturated rings. The van der Waals surface area contributed by atoms with E-state index in [4.69, 9.17) is 0 Å². The van der Waals surface area contributed by atoms with E-state index in [1.807, 2.05) is 19.9 Å². The van der Waals surface area contributed by atoms with Gasteiger partial charge in [-0.1, -0.05) is 38.2 Å². The lowest BCUT2D eigenvalue weighted by atomic mass is 9.60. The van der Waals surface area contributed by atoms with Gasteiger partial charge < -0.3 is 5.11 Å². The Bertz CT molecular complexity index is 343. The largest absolute Gasteiger partial charge is 0.481 e. The molecule has 1 N–H and O–H groups in total. The maximum Gasteiger partial charge on any atom is 0.310 e. The average molecular weight is 222 g/mol. The molecule has 3 atom stereocenters. The van der Waals surface area contributed by atoms with Crippen LogP contribution in [0.3, 0.4) is 0 Å². The minimum absolute atomic E-state index is 0.000903. The Morgan fingerprint density at radius 1 is 1.56 bits per heavy atom. The van der Waals surface area contributed by atoms with Crippen LogP contribution in [0.2, 0.25) is 0 Å². The monoisotopic (exact) mass is 222 g/mol. The molecule has 0 aromatic heterocycles. The fraction of sp³-hybridized carbons (Fsp3) is 0.643. The van der Waals surface area contributed by atoms with E-state index >= 15 is 0 Å². The van der Waals surface area contributed by atoms with Crippen LogP contribution in [0.25, 0.3) is 0 Å². The highest BCUT2D eigenvalue weighted by Crippen LogP contribution is 2.49. The highest BCUT2D eigenvalue weighted by Gasteiger charge is 2.47. The number of rotatable bonds is 3. The maximum absolute atomic E-state index is 11.5. The number of hydrogen-bond donors (Lipinski definition) is 1. The number of allylic oxidation sites excluding steroid dienone is 3. The topological polar surface area (TPSA) is 37.3 Å². The van der Waals surface area contributed by atoms with Crippen LogP contribution in [-0.2, 0) is 4.79 Å². The van der Waals surface area contributed by atoms with Crippen LogP contribution in [0.5, 0.6) is 0 Å². The van der Waals surface area contributed by atoms with Gasteiger partial charge in [0.15, 0.2) is 0 Å². The van der Waals surface area contributed by atoms with E-state index in [1.54, 1.807) is 0 Å². The van der Waals surface area contributed by atoms with Crippen LogP contribution < -0.4 is 0 Å². The van der Waals surface area contributed by atoms with Crippen molar-refractivity contribution in [1.29, 1.82) is 0 Å². The molecular weight excluding hydrogens is 200 g/mol. The molecule has 0 aliphatic heterocycles.